The first-order chi connectivity index (χ1) is 17.8. The number of terminal acetylenes is 1. The van der Waals surface area contributed by atoms with E-state index in [1.165, 1.54) is 25.0 Å². The molecule has 220 valence electrons. The molecule has 1 aromatic carbocycles. The highest BCUT2D eigenvalue weighted by molar-refractivity contribution is 7.86. The lowest BCUT2D eigenvalue weighted by Crippen LogP contribution is -2.07. The van der Waals surface area contributed by atoms with Crippen molar-refractivity contribution >= 4 is 16.9 Å². The van der Waals surface area contributed by atoms with Gasteiger partial charge in [0.1, 0.15) is 20.0 Å². The van der Waals surface area contributed by atoms with Gasteiger partial charge in [0.15, 0.2) is 0 Å². The van der Waals surface area contributed by atoms with Crippen molar-refractivity contribution in [1.29, 1.82) is 0 Å². The topological polar surface area (TPSA) is 89.9 Å². The highest BCUT2D eigenvalue weighted by Crippen LogP contribution is 2.13. The predicted octanol–water partition coefficient (Wildman–Crippen LogP) is 6.06. The fraction of sp³-hybridized carbons (Fsp3) is 0.594. The monoisotopic (exact) mass is 562 g/mol. The van der Waals surface area contributed by atoms with Crippen molar-refractivity contribution in [2.45, 2.75) is 87.0 Å². The maximum absolute atomic E-state index is 11.8. The van der Waals surface area contributed by atoms with E-state index < -0.39 is 10.1 Å². The molecule has 1 aliphatic heterocycles. The van der Waals surface area contributed by atoms with Crippen LogP contribution in [0.3, 0.4) is 0 Å². The van der Waals surface area contributed by atoms with E-state index in [0.29, 0.717) is 0 Å². The van der Waals surface area contributed by atoms with Crippen LogP contribution in [0.4, 0.5) is 0 Å². The third-order valence-electron chi connectivity index (χ3n) is 3.86. The first-order valence-corrected chi connectivity index (χ1v) is 14.2. The van der Waals surface area contributed by atoms with Gasteiger partial charge in [-0.25, -0.2) is 0 Å². The molecule has 1 aromatic rings. The standard InChI is InChI=1S/C14H18O3S.C7H12O.C6H10.C4H8O.CH2O/c1-12-6-8-13(9-7-12)18(15,16)17-11-5-10-14(2,3)4;1-7(2,3)5-4-6-8;1-5-6(2,3)4;1-2-4-5-3-1;1-2/h6-9H,11H2,1-4H3;8H,6H2,1-3H3;1H,2-4H3;1-4H2;1H2. The second kappa shape index (κ2) is 21.2. The molecule has 6 nitrogen and oxygen atoms in total. The van der Waals surface area contributed by atoms with Crippen LogP contribution in [0, 0.1) is 59.2 Å². The molecular weight excluding hydrogens is 512 g/mol. The van der Waals surface area contributed by atoms with Crippen molar-refractivity contribution in [1.82, 2.24) is 0 Å². The summed E-state index contributed by atoms with van der Waals surface area (Å²) in [5, 5.41) is 8.26. The van der Waals surface area contributed by atoms with E-state index in [1.54, 1.807) is 12.1 Å². The SMILES string of the molecule is C#CC(C)(C)C.C1CCOC1.C=O.CC(C)(C)C#CCO.Cc1ccc(S(=O)(=O)OCC#CC(C)(C)C)cc1. The Morgan fingerprint density at radius 3 is 1.56 bits per heavy atom. The van der Waals surface area contributed by atoms with Gasteiger partial charge < -0.3 is 14.6 Å². The van der Waals surface area contributed by atoms with Crippen molar-refractivity contribution in [3.8, 4) is 36.0 Å². The van der Waals surface area contributed by atoms with Crippen LogP contribution in [0.5, 0.6) is 0 Å². The summed E-state index contributed by atoms with van der Waals surface area (Å²) in [7, 11) is -3.70. The summed E-state index contributed by atoms with van der Waals surface area (Å²) in [5.41, 5.74) is 0.946. The van der Waals surface area contributed by atoms with Crippen LogP contribution in [0.15, 0.2) is 29.2 Å². The molecule has 1 N–H and O–H groups in total. The average molecular weight is 563 g/mol. The lowest BCUT2D eigenvalue weighted by atomic mass is 9.98. The van der Waals surface area contributed by atoms with Gasteiger partial charge in [0.25, 0.3) is 10.1 Å². The number of aliphatic hydroxyl groups is 1. The van der Waals surface area contributed by atoms with Crippen LogP contribution in [0.1, 0.15) is 80.7 Å². The molecule has 0 spiro atoms. The maximum Gasteiger partial charge on any atom is 0.297 e. The molecule has 0 atom stereocenters. The van der Waals surface area contributed by atoms with Crippen molar-refractivity contribution < 1.29 is 27.2 Å². The van der Waals surface area contributed by atoms with E-state index >= 15 is 0 Å². The van der Waals surface area contributed by atoms with Crippen LogP contribution in [0.25, 0.3) is 0 Å². The fourth-order valence-corrected chi connectivity index (χ4v) is 2.82. The summed E-state index contributed by atoms with van der Waals surface area (Å²) in [6.07, 6.45) is 7.61. The third-order valence-corrected chi connectivity index (χ3v) is 5.14. The molecule has 0 saturated carbocycles. The number of aliphatic hydroxyl groups excluding tert-OH is 1. The minimum atomic E-state index is -3.70. The molecule has 0 unspecified atom stereocenters. The Morgan fingerprint density at radius 2 is 1.28 bits per heavy atom. The number of hydrogen-bond acceptors (Lipinski definition) is 6. The largest absolute Gasteiger partial charge is 0.384 e. The second-order valence-corrected chi connectivity index (χ2v) is 13.1. The minimum absolute atomic E-state index is 0.0305. The molecule has 0 bridgehead atoms. The summed E-state index contributed by atoms with van der Waals surface area (Å²) in [6, 6.07) is 6.53. The van der Waals surface area contributed by atoms with E-state index in [4.69, 9.17) is 25.2 Å². The molecule has 7 heteroatoms. The van der Waals surface area contributed by atoms with E-state index in [2.05, 4.69) is 29.6 Å². The van der Waals surface area contributed by atoms with Crippen LogP contribution >= 0.6 is 0 Å². The highest BCUT2D eigenvalue weighted by atomic mass is 32.2. The Hall–Kier alpha value is -2.60. The zero-order valence-electron chi connectivity index (χ0n) is 25.7. The second-order valence-electron chi connectivity index (χ2n) is 11.5. The van der Waals surface area contributed by atoms with Gasteiger partial charge in [-0.3, -0.25) is 4.18 Å². The van der Waals surface area contributed by atoms with Crippen molar-refractivity contribution in [2.24, 2.45) is 16.2 Å². The molecule has 1 fully saturated rings. The summed E-state index contributed by atoms with van der Waals surface area (Å²) in [6.45, 7) is 23.7. The summed E-state index contributed by atoms with van der Waals surface area (Å²) >= 11 is 0. The number of benzene rings is 1. The normalized spacial score (nSPS) is 12.3. The summed E-state index contributed by atoms with van der Waals surface area (Å²) in [4.78, 5) is 8.16. The van der Waals surface area contributed by atoms with Gasteiger partial charge in [0.2, 0.25) is 0 Å². The quantitative estimate of drug-likeness (QED) is 0.356. The molecule has 1 aliphatic rings. The van der Waals surface area contributed by atoms with E-state index in [-0.39, 0.29) is 34.4 Å². The van der Waals surface area contributed by atoms with E-state index in [9.17, 15) is 8.42 Å². The summed E-state index contributed by atoms with van der Waals surface area (Å²) < 4.78 is 33.3. The van der Waals surface area contributed by atoms with Crippen molar-refractivity contribution in [3.05, 3.63) is 29.8 Å². The van der Waals surface area contributed by atoms with Crippen LogP contribution in [0.2, 0.25) is 0 Å². The Bertz CT molecular complexity index is 1030. The summed E-state index contributed by atoms with van der Waals surface area (Å²) in [5.74, 6) is 13.7. The van der Waals surface area contributed by atoms with Gasteiger partial charge in [-0.1, -0.05) is 41.4 Å². The third kappa shape index (κ3) is 31.5. The minimum Gasteiger partial charge on any atom is -0.384 e. The molecule has 39 heavy (non-hydrogen) atoms. The van der Waals surface area contributed by atoms with E-state index in [0.717, 1.165) is 18.8 Å². The average Bonchev–Trinajstić information content (AvgIpc) is 3.42. The number of rotatable bonds is 3. The molecule has 0 aliphatic carbocycles. The van der Waals surface area contributed by atoms with Crippen molar-refractivity contribution in [2.75, 3.05) is 26.4 Å². The Labute approximate surface area is 239 Å². The fourth-order valence-electron chi connectivity index (χ4n) is 2.00. The first kappa shape index (κ1) is 40.9. The number of hydrogen-bond donors (Lipinski definition) is 1. The predicted molar refractivity (Wildman–Crippen MR) is 161 cm³/mol. The number of carbonyl (C=O) groups excluding carboxylic acids is 1. The molecule has 0 radical (unpaired) electrons. The molecular formula is C32H50O6S. The molecule has 0 amide bonds. The lowest BCUT2D eigenvalue weighted by molar-refractivity contribution is -0.0980. The van der Waals surface area contributed by atoms with Crippen LogP contribution in [-0.4, -0.2) is 46.7 Å². The maximum atomic E-state index is 11.8. The van der Waals surface area contributed by atoms with Gasteiger partial charge in [-0.05, 0) is 94.2 Å². The van der Waals surface area contributed by atoms with Gasteiger partial charge in [-0.2, -0.15) is 8.42 Å². The van der Waals surface area contributed by atoms with Gasteiger partial charge >= 0.3 is 0 Å². The number of aryl methyl sites for hydroxylation is 1. The van der Waals surface area contributed by atoms with Crippen LogP contribution < -0.4 is 0 Å². The molecule has 0 aromatic heterocycles. The lowest BCUT2D eigenvalue weighted by Gasteiger charge is -2.07. The van der Waals surface area contributed by atoms with Gasteiger partial charge in [0, 0.05) is 29.5 Å². The Balaban J connectivity index is -0.000000507. The van der Waals surface area contributed by atoms with Crippen LogP contribution in [-0.2, 0) is 23.8 Å². The molecule has 2 rings (SSSR count). The Kier molecular flexibility index (Phi) is 22.3. The Morgan fingerprint density at radius 1 is 0.872 bits per heavy atom. The number of carbonyl (C=O) groups is 1. The molecule has 1 saturated heterocycles. The van der Waals surface area contributed by atoms with E-state index in [1.807, 2.05) is 76.0 Å². The van der Waals surface area contributed by atoms with Gasteiger partial charge in [0.05, 0.1) is 4.90 Å². The van der Waals surface area contributed by atoms with Crippen molar-refractivity contribution in [3.63, 3.8) is 0 Å². The first-order valence-electron chi connectivity index (χ1n) is 12.7. The smallest absolute Gasteiger partial charge is 0.297 e. The zero-order chi connectivity index (χ0) is 31.2. The van der Waals surface area contributed by atoms with Gasteiger partial charge in [-0.15, -0.1) is 12.3 Å². The highest BCUT2D eigenvalue weighted by Gasteiger charge is 2.14. The molecule has 1 heterocycles. The zero-order valence-corrected chi connectivity index (χ0v) is 26.5. The number of ether oxygens (including phenoxy) is 1.